The highest BCUT2D eigenvalue weighted by Crippen LogP contribution is 2.41. The number of unbranched alkanes of at least 4 members (excludes halogenated alkanes) is 2. The zero-order valence-electron chi connectivity index (χ0n) is 15.9. The number of hydrogen-bond donors (Lipinski definition) is 0. The smallest absolute Gasteiger partial charge is 0.270 e. The van der Waals surface area contributed by atoms with E-state index in [4.69, 9.17) is 4.74 Å². The van der Waals surface area contributed by atoms with Gasteiger partial charge in [-0.1, -0.05) is 52.4 Å². The molecule has 24 heavy (non-hydrogen) atoms. The molecular weight excluding hydrogens is 306 g/mol. The van der Waals surface area contributed by atoms with Crippen LogP contribution < -0.4 is 0 Å². The zero-order chi connectivity index (χ0) is 17.4. The van der Waals surface area contributed by atoms with Crippen LogP contribution in [-0.2, 0) is 4.74 Å². The fourth-order valence-electron chi connectivity index (χ4n) is 4.70. The van der Waals surface area contributed by atoms with Crippen LogP contribution in [0.15, 0.2) is 0 Å². The van der Waals surface area contributed by atoms with Crippen molar-refractivity contribution in [2.45, 2.75) is 109 Å². The third kappa shape index (κ3) is 6.61. The van der Waals surface area contributed by atoms with Gasteiger partial charge in [0.25, 0.3) is 5.92 Å². The van der Waals surface area contributed by atoms with Crippen molar-refractivity contribution in [1.82, 2.24) is 0 Å². The van der Waals surface area contributed by atoms with E-state index in [-0.39, 0.29) is 19.1 Å². The van der Waals surface area contributed by atoms with Crippen molar-refractivity contribution in [2.75, 3.05) is 6.61 Å². The van der Waals surface area contributed by atoms with Crippen LogP contribution in [0.5, 0.6) is 0 Å². The van der Waals surface area contributed by atoms with Crippen molar-refractivity contribution in [1.29, 1.82) is 0 Å². The highest BCUT2D eigenvalue weighted by atomic mass is 19.3. The van der Waals surface area contributed by atoms with Crippen molar-refractivity contribution in [3.8, 4) is 0 Å². The summed E-state index contributed by atoms with van der Waals surface area (Å²) >= 11 is 0. The number of ether oxygens (including phenoxy) is 1. The molecule has 0 N–H and O–H groups in total. The van der Waals surface area contributed by atoms with E-state index in [9.17, 15) is 8.78 Å². The van der Waals surface area contributed by atoms with E-state index in [1.54, 1.807) is 0 Å². The summed E-state index contributed by atoms with van der Waals surface area (Å²) in [5.41, 5.74) is 0. The highest BCUT2D eigenvalue weighted by Gasteiger charge is 2.33. The Bertz CT molecular complexity index is 329. The lowest BCUT2D eigenvalue weighted by atomic mass is 9.70. The van der Waals surface area contributed by atoms with Gasteiger partial charge < -0.3 is 4.74 Å². The summed E-state index contributed by atoms with van der Waals surface area (Å²) in [5.74, 6) is 0.0508. The number of halogens is 2. The second-order valence-electron chi connectivity index (χ2n) is 8.33. The summed E-state index contributed by atoms with van der Waals surface area (Å²) in [7, 11) is 0. The van der Waals surface area contributed by atoms with E-state index in [2.05, 4.69) is 6.92 Å². The van der Waals surface area contributed by atoms with Gasteiger partial charge in [0.2, 0.25) is 0 Å². The Morgan fingerprint density at radius 1 is 0.833 bits per heavy atom. The Kier molecular flexibility index (Phi) is 8.46. The Hall–Kier alpha value is -0.180. The summed E-state index contributed by atoms with van der Waals surface area (Å²) < 4.78 is 32.1. The molecule has 0 unspecified atom stereocenters. The van der Waals surface area contributed by atoms with Crippen LogP contribution in [-0.4, -0.2) is 18.6 Å². The topological polar surface area (TPSA) is 9.23 Å². The van der Waals surface area contributed by atoms with E-state index < -0.39 is 5.92 Å². The molecule has 2 aliphatic rings. The summed E-state index contributed by atoms with van der Waals surface area (Å²) in [5, 5.41) is 0. The van der Waals surface area contributed by atoms with Gasteiger partial charge >= 0.3 is 0 Å². The predicted molar refractivity (Wildman–Crippen MR) is 96.5 cm³/mol. The van der Waals surface area contributed by atoms with Gasteiger partial charge in [-0.15, -0.1) is 0 Å². The van der Waals surface area contributed by atoms with Gasteiger partial charge in [0.05, 0.1) is 6.10 Å². The van der Waals surface area contributed by atoms with Crippen LogP contribution in [0.25, 0.3) is 0 Å². The zero-order valence-corrected chi connectivity index (χ0v) is 15.9. The average molecular weight is 345 g/mol. The maximum absolute atomic E-state index is 13.3. The molecule has 1 nitrogen and oxygen atoms in total. The largest absolute Gasteiger partial charge is 0.372 e. The molecule has 0 bridgehead atoms. The Morgan fingerprint density at radius 2 is 1.42 bits per heavy atom. The molecule has 0 heterocycles. The summed E-state index contributed by atoms with van der Waals surface area (Å²) in [6, 6.07) is 0. The van der Waals surface area contributed by atoms with Crippen LogP contribution in [0.1, 0.15) is 97.3 Å². The van der Waals surface area contributed by atoms with Crippen molar-refractivity contribution in [3.05, 3.63) is 0 Å². The lowest BCUT2D eigenvalue weighted by molar-refractivity contribution is -0.110. The molecule has 0 aromatic carbocycles. The van der Waals surface area contributed by atoms with Gasteiger partial charge in [0.15, 0.2) is 0 Å². The molecule has 0 saturated heterocycles. The molecule has 0 spiro atoms. The van der Waals surface area contributed by atoms with Crippen molar-refractivity contribution >= 4 is 0 Å². The number of rotatable bonds is 9. The monoisotopic (exact) mass is 344 g/mol. The van der Waals surface area contributed by atoms with Crippen molar-refractivity contribution in [2.24, 2.45) is 17.8 Å². The molecule has 0 atom stereocenters. The molecule has 0 aromatic rings. The fourth-order valence-corrected chi connectivity index (χ4v) is 4.70. The molecule has 2 rings (SSSR count). The first-order chi connectivity index (χ1) is 11.5. The minimum Gasteiger partial charge on any atom is -0.372 e. The standard InChI is InChI=1S/C21H38F2O/c1-3-5-6-7-17-8-10-18(11-9-17)19-12-14-20(15-13-19)24-16-21(22,23)4-2/h17-20H,3-16H2,1-2H3. The normalized spacial score (nSPS) is 32.0. The van der Waals surface area contributed by atoms with E-state index >= 15 is 0 Å². The van der Waals surface area contributed by atoms with Crippen LogP contribution in [0.4, 0.5) is 8.78 Å². The van der Waals surface area contributed by atoms with Crippen molar-refractivity contribution in [3.63, 3.8) is 0 Å². The minimum atomic E-state index is -2.65. The molecular formula is C21H38F2O. The lowest BCUT2D eigenvalue weighted by Crippen LogP contribution is -2.31. The van der Waals surface area contributed by atoms with Crippen molar-refractivity contribution < 1.29 is 13.5 Å². The quantitative estimate of drug-likeness (QED) is 0.409. The molecule has 0 radical (unpaired) electrons. The van der Waals surface area contributed by atoms with Gasteiger partial charge in [-0.3, -0.25) is 0 Å². The maximum atomic E-state index is 13.3. The molecule has 2 aliphatic carbocycles. The number of hydrogen-bond acceptors (Lipinski definition) is 1. The van der Waals surface area contributed by atoms with Gasteiger partial charge in [-0.25, -0.2) is 8.78 Å². The first kappa shape index (κ1) is 20.1. The second kappa shape index (κ2) is 10.1. The number of alkyl halides is 2. The summed E-state index contributed by atoms with van der Waals surface area (Å²) in [6.07, 6.45) is 15.5. The SMILES string of the molecule is CCCCCC1CCC(C2CCC(OCC(F)(F)CC)CC2)CC1. The van der Waals surface area contributed by atoms with Crippen LogP contribution in [0, 0.1) is 17.8 Å². The fraction of sp³-hybridized carbons (Fsp3) is 1.00. The molecule has 0 aromatic heterocycles. The Labute approximate surface area is 147 Å². The Morgan fingerprint density at radius 3 is 1.96 bits per heavy atom. The summed E-state index contributed by atoms with van der Waals surface area (Å²) in [4.78, 5) is 0. The van der Waals surface area contributed by atoms with Crippen LogP contribution >= 0.6 is 0 Å². The van der Waals surface area contributed by atoms with E-state index in [1.165, 1.54) is 71.1 Å². The molecule has 2 fully saturated rings. The van der Waals surface area contributed by atoms with E-state index in [1.807, 2.05) is 0 Å². The maximum Gasteiger partial charge on any atom is 0.270 e. The molecule has 2 saturated carbocycles. The Balaban J connectivity index is 1.61. The van der Waals surface area contributed by atoms with E-state index in [0.29, 0.717) is 0 Å². The first-order valence-electron chi connectivity index (χ1n) is 10.5. The summed E-state index contributed by atoms with van der Waals surface area (Å²) in [6.45, 7) is 3.42. The molecule has 142 valence electrons. The van der Waals surface area contributed by atoms with E-state index in [0.717, 1.165) is 30.6 Å². The van der Waals surface area contributed by atoms with Crippen LogP contribution in [0.2, 0.25) is 0 Å². The van der Waals surface area contributed by atoms with Gasteiger partial charge in [0, 0.05) is 6.42 Å². The molecule has 0 aliphatic heterocycles. The minimum absolute atomic E-state index is 0.0732. The first-order valence-corrected chi connectivity index (χ1v) is 10.5. The van der Waals surface area contributed by atoms with Gasteiger partial charge in [-0.05, 0) is 56.3 Å². The van der Waals surface area contributed by atoms with Gasteiger partial charge in [-0.2, -0.15) is 0 Å². The second-order valence-corrected chi connectivity index (χ2v) is 8.33. The molecule has 3 heteroatoms. The van der Waals surface area contributed by atoms with Gasteiger partial charge in [0.1, 0.15) is 6.61 Å². The highest BCUT2D eigenvalue weighted by molar-refractivity contribution is 4.82. The third-order valence-corrected chi connectivity index (χ3v) is 6.54. The average Bonchev–Trinajstić information content (AvgIpc) is 2.61. The third-order valence-electron chi connectivity index (χ3n) is 6.54. The molecule has 0 amide bonds. The van der Waals surface area contributed by atoms with Crippen LogP contribution in [0.3, 0.4) is 0 Å². The lowest BCUT2D eigenvalue weighted by Gasteiger charge is -2.38. The predicted octanol–water partition coefficient (Wildman–Crippen LogP) is 6.99.